The van der Waals surface area contributed by atoms with Crippen molar-refractivity contribution >= 4 is 5.78 Å². The quantitative estimate of drug-likeness (QED) is 0.569. The summed E-state index contributed by atoms with van der Waals surface area (Å²) in [5, 5.41) is 9.65. The van der Waals surface area contributed by atoms with Crippen LogP contribution >= 0.6 is 0 Å². The highest BCUT2D eigenvalue weighted by molar-refractivity contribution is 5.90. The lowest BCUT2D eigenvalue weighted by atomic mass is 9.90. The molecular formula is C13H24O2. The summed E-state index contributed by atoms with van der Waals surface area (Å²) in [7, 11) is 0. The SMILES string of the molecule is CC(C)C(C)CC(=O)C=C(O)C(C)(C)C. The lowest BCUT2D eigenvalue weighted by molar-refractivity contribution is -0.115. The molecule has 0 aliphatic rings. The van der Waals surface area contributed by atoms with E-state index >= 15 is 0 Å². The summed E-state index contributed by atoms with van der Waals surface area (Å²) in [6, 6.07) is 0. The molecule has 2 nitrogen and oxygen atoms in total. The Bertz CT molecular complexity index is 244. The predicted molar refractivity (Wildman–Crippen MR) is 63.8 cm³/mol. The van der Waals surface area contributed by atoms with Gasteiger partial charge in [0, 0.05) is 17.9 Å². The van der Waals surface area contributed by atoms with E-state index < -0.39 is 0 Å². The maximum absolute atomic E-state index is 11.6. The van der Waals surface area contributed by atoms with Crippen LogP contribution in [0.15, 0.2) is 11.8 Å². The van der Waals surface area contributed by atoms with E-state index in [2.05, 4.69) is 20.8 Å². The van der Waals surface area contributed by atoms with Gasteiger partial charge in [0.25, 0.3) is 0 Å². The second-order valence-electron chi connectivity index (χ2n) is 5.67. The molecule has 1 N–H and O–H groups in total. The van der Waals surface area contributed by atoms with E-state index in [1.807, 2.05) is 20.8 Å². The van der Waals surface area contributed by atoms with Crippen LogP contribution in [0, 0.1) is 17.3 Å². The normalized spacial score (nSPS) is 15.5. The van der Waals surface area contributed by atoms with Gasteiger partial charge in [0.05, 0.1) is 0 Å². The first kappa shape index (κ1) is 14.2. The Hall–Kier alpha value is -0.790. The minimum absolute atomic E-state index is 0.0172. The third kappa shape index (κ3) is 5.60. The van der Waals surface area contributed by atoms with Crippen molar-refractivity contribution in [1.82, 2.24) is 0 Å². The van der Waals surface area contributed by atoms with Gasteiger partial charge in [-0.15, -0.1) is 0 Å². The third-order valence-electron chi connectivity index (χ3n) is 2.73. The molecule has 0 fully saturated rings. The number of carbonyl (C=O) groups excluding carboxylic acids is 1. The molecule has 2 heteroatoms. The van der Waals surface area contributed by atoms with Crippen LogP contribution in [-0.4, -0.2) is 10.9 Å². The summed E-state index contributed by atoms with van der Waals surface area (Å²) < 4.78 is 0. The molecule has 0 radical (unpaired) electrons. The lowest BCUT2D eigenvalue weighted by Gasteiger charge is -2.18. The maximum Gasteiger partial charge on any atom is 0.159 e. The van der Waals surface area contributed by atoms with Crippen LogP contribution in [0.2, 0.25) is 0 Å². The maximum atomic E-state index is 11.6. The van der Waals surface area contributed by atoms with Crippen molar-refractivity contribution in [1.29, 1.82) is 0 Å². The van der Waals surface area contributed by atoms with Gasteiger partial charge in [0.1, 0.15) is 5.76 Å². The Morgan fingerprint density at radius 1 is 1.27 bits per heavy atom. The van der Waals surface area contributed by atoms with E-state index in [-0.39, 0.29) is 17.0 Å². The minimum atomic E-state index is -0.337. The molecular weight excluding hydrogens is 188 g/mol. The van der Waals surface area contributed by atoms with E-state index in [1.165, 1.54) is 6.08 Å². The molecule has 0 amide bonds. The highest BCUT2D eigenvalue weighted by Crippen LogP contribution is 2.23. The van der Waals surface area contributed by atoms with Crippen LogP contribution in [0.1, 0.15) is 48.0 Å². The van der Waals surface area contributed by atoms with Crippen LogP contribution in [0.5, 0.6) is 0 Å². The molecule has 0 aliphatic carbocycles. The van der Waals surface area contributed by atoms with Crippen molar-refractivity contribution in [2.45, 2.75) is 48.0 Å². The van der Waals surface area contributed by atoms with Gasteiger partial charge in [0.2, 0.25) is 0 Å². The van der Waals surface area contributed by atoms with Gasteiger partial charge in [-0.25, -0.2) is 0 Å². The van der Waals surface area contributed by atoms with E-state index in [4.69, 9.17) is 0 Å². The molecule has 0 saturated heterocycles. The van der Waals surface area contributed by atoms with E-state index in [1.54, 1.807) is 0 Å². The van der Waals surface area contributed by atoms with Crippen LogP contribution in [0.4, 0.5) is 0 Å². The van der Waals surface area contributed by atoms with Crippen molar-refractivity contribution < 1.29 is 9.90 Å². The Morgan fingerprint density at radius 3 is 2.07 bits per heavy atom. The molecule has 1 atom stereocenters. The zero-order chi connectivity index (χ0) is 12.2. The second-order valence-corrected chi connectivity index (χ2v) is 5.67. The largest absolute Gasteiger partial charge is 0.512 e. The van der Waals surface area contributed by atoms with E-state index in [0.29, 0.717) is 18.3 Å². The Labute approximate surface area is 93.4 Å². The zero-order valence-electron chi connectivity index (χ0n) is 10.8. The van der Waals surface area contributed by atoms with Crippen molar-refractivity contribution in [3.63, 3.8) is 0 Å². The summed E-state index contributed by atoms with van der Waals surface area (Å²) in [6.45, 7) is 11.9. The monoisotopic (exact) mass is 212 g/mol. The Morgan fingerprint density at radius 2 is 1.73 bits per heavy atom. The molecule has 0 aromatic rings. The minimum Gasteiger partial charge on any atom is -0.512 e. The first-order valence-corrected chi connectivity index (χ1v) is 5.58. The zero-order valence-corrected chi connectivity index (χ0v) is 10.8. The number of carbonyl (C=O) groups is 1. The summed E-state index contributed by atoms with van der Waals surface area (Å²) in [5.41, 5.74) is -0.337. The third-order valence-corrected chi connectivity index (χ3v) is 2.73. The first-order valence-electron chi connectivity index (χ1n) is 5.58. The van der Waals surface area contributed by atoms with Crippen molar-refractivity contribution in [3.05, 3.63) is 11.8 Å². The first-order chi connectivity index (χ1) is 6.64. The molecule has 0 aromatic heterocycles. The van der Waals surface area contributed by atoms with Crippen molar-refractivity contribution in [2.24, 2.45) is 17.3 Å². The Kier molecular flexibility index (Phi) is 5.06. The molecule has 0 bridgehead atoms. The van der Waals surface area contributed by atoms with Gasteiger partial charge in [-0.2, -0.15) is 0 Å². The fourth-order valence-corrected chi connectivity index (χ4v) is 0.981. The van der Waals surface area contributed by atoms with Crippen LogP contribution in [-0.2, 0) is 4.79 Å². The molecule has 15 heavy (non-hydrogen) atoms. The highest BCUT2D eigenvalue weighted by atomic mass is 16.3. The molecule has 0 spiro atoms. The van der Waals surface area contributed by atoms with E-state index in [9.17, 15) is 9.90 Å². The smallest absolute Gasteiger partial charge is 0.159 e. The molecule has 0 aliphatic heterocycles. The Balaban J connectivity index is 4.38. The van der Waals surface area contributed by atoms with E-state index in [0.717, 1.165) is 0 Å². The molecule has 0 aromatic carbocycles. The summed E-state index contributed by atoms with van der Waals surface area (Å²) in [6.07, 6.45) is 1.89. The summed E-state index contributed by atoms with van der Waals surface area (Å²) in [5.74, 6) is 1.05. The number of ketones is 1. The summed E-state index contributed by atoms with van der Waals surface area (Å²) >= 11 is 0. The average Bonchev–Trinajstić information content (AvgIpc) is 2.01. The van der Waals surface area contributed by atoms with Gasteiger partial charge < -0.3 is 5.11 Å². The van der Waals surface area contributed by atoms with Crippen LogP contribution < -0.4 is 0 Å². The fraction of sp³-hybridized carbons (Fsp3) is 0.769. The molecule has 88 valence electrons. The number of hydrogen-bond acceptors (Lipinski definition) is 2. The summed E-state index contributed by atoms with van der Waals surface area (Å²) in [4.78, 5) is 11.6. The molecule has 0 rings (SSSR count). The molecule has 0 saturated carbocycles. The number of rotatable bonds is 4. The van der Waals surface area contributed by atoms with Gasteiger partial charge in [0.15, 0.2) is 5.78 Å². The molecule has 0 heterocycles. The topological polar surface area (TPSA) is 37.3 Å². The average molecular weight is 212 g/mol. The van der Waals surface area contributed by atoms with Crippen LogP contribution in [0.25, 0.3) is 0 Å². The highest BCUT2D eigenvalue weighted by Gasteiger charge is 2.18. The predicted octanol–water partition coefficient (Wildman–Crippen LogP) is 3.73. The lowest BCUT2D eigenvalue weighted by Crippen LogP contribution is -2.13. The number of hydrogen-bond donors (Lipinski definition) is 1. The van der Waals surface area contributed by atoms with Crippen molar-refractivity contribution in [3.8, 4) is 0 Å². The molecule has 1 unspecified atom stereocenters. The van der Waals surface area contributed by atoms with Gasteiger partial charge in [-0.3, -0.25) is 4.79 Å². The number of aliphatic hydroxyl groups excluding tert-OH is 1. The van der Waals surface area contributed by atoms with Gasteiger partial charge >= 0.3 is 0 Å². The second kappa shape index (κ2) is 5.34. The van der Waals surface area contributed by atoms with Crippen LogP contribution in [0.3, 0.4) is 0 Å². The number of aliphatic hydroxyl groups is 1. The number of allylic oxidation sites excluding steroid dienone is 2. The van der Waals surface area contributed by atoms with Gasteiger partial charge in [-0.05, 0) is 11.8 Å². The van der Waals surface area contributed by atoms with Gasteiger partial charge in [-0.1, -0.05) is 41.5 Å². The fourth-order valence-electron chi connectivity index (χ4n) is 0.981. The van der Waals surface area contributed by atoms with Crippen molar-refractivity contribution in [2.75, 3.05) is 0 Å². The standard InChI is InChI=1S/C13H24O2/c1-9(2)10(3)7-11(14)8-12(15)13(4,5)6/h8-10,15H,7H2,1-6H3.